The molecule has 0 aliphatic heterocycles. The number of hydrogen-bond donors (Lipinski definition) is 1. The van der Waals surface area contributed by atoms with Gasteiger partial charge in [0, 0.05) is 0 Å². The zero-order valence-corrected chi connectivity index (χ0v) is 9.02. The number of benzene rings is 1. The van der Waals surface area contributed by atoms with E-state index in [1.165, 1.54) is 0 Å². The minimum atomic E-state index is 0.170. The molecule has 0 heterocycles. The SMILES string of the molecule is CC(C)(C)Cc1ccc(Cl)c(O)c1. The predicted octanol–water partition coefficient (Wildman–Crippen LogP) is 3.63. The van der Waals surface area contributed by atoms with Crippen LogP contribution in [0.5, 0.6) is 5.75 Å². The highest BCUT2D eigenvalue weighted by atomic mass is 35.5. The molecule has 0 saturated heterocycles. The van der Waals surface area contributed by atoms with Crippen LogP contribution in [0.4, 0.5) is 0 Å². The zero-order valence-electron chi connectivity index (χ0n) is 8.26. The quantitative estimate of drug-likeness (QED) is 0.731. The highest BCUT2D eigenvalue weighted by Crippen LogP contribution is 2.27. The fourth-order valence-corrected chi connectivity index (χ4v) is 1.40. The van der Waals surface area contributed by atoms with Crippen LogP contribution in [0.3, 0.4) is 0 Å². The molecule has 0 aliphatic rings. The van der Waals surface area contributed by atoms with Crippen molar-refractivity contribution >= 4 is 11.6 Å². The van der Waals surface area contributed by atoms with Gasteiger partial charge in [-0.1, -0.05) is 38.4 Å². The molecular weight excluding hydrogens is 184 g/mol. The normalized spacial score (nSPS) is 11.7. The van der Waals surface area contributed by atoms with Gasteiger partial charge < -0.3 is 5.11 Å². The third kappa shape index (κ3) is 3.27. The van der Waals surface area contributed by atoms with Crippen LogP contribution in [-0.4, -0.2) is 5.11 Å². The van der Waals surface area contributed by atoms with E-state index in [-0.39, 0.29) is 11.2 Å². The molecule has 1 aromatic rings. The maximum Gasteiger partial charge on any atom is 0.134 e. The minimum absolute atomic E-state index is 0.170. The van der Waals surface area contributed by atoms with E-state index < -0.39 is 0 Å². The van der Waals surface area contributed by atoms with E-state index in [2.05, 4.69) is 20.8 Å². The number of phenols is 1. The summed E-state index contributed by atoms with van der Waals surface area (Å²) in [6.45, 7) is 6.50. The molecule has 13 heavy (non-hydrogen) atoms. The third-order valence-corrected chi connectivity index (χ3v) is 2.06. The first kappa shape index (κ1) is 10.4. The Labute approximate surface area is 84.4 Å². The molecule has 0 unspecified atom stereocenters. The van der Waals surface area contributed by atoms with Crippen molar-refractivity contribution in [3.8, 4) is 5.75 Å². The average molecular weight is 199 g/mol. The smallest absolute Gasteiger partial charge is 0.134 e. The Balaban J connectivity index is 2.86. The second-order valence-corrected chi connectivity index (χ2v) is 4.93. The fourth-order valence-electron chi connectivity index (χ4n) is 1.28. The lowest BCUT2D eigenvalue weighted by molar-refractivity contribution is 0.409. The lowest BCUT2D eigenvalue weighted by atomic mass is 9.88. The maximum atomic E-state index is 9.36. The summed E-state index contributed by atoms with van der Waals surface area (Å²) in [5, 5.41) is 9.78. The molecule has 1 aromatic carbocycles. The van der Waals surface area contributed by atoms with E-state index in [4.69, 9.17) is 11.6 Å². The highest BCUT2D eigenvalue weighted by Gasteiger charge is 2.11. The topological polar surface area (TPSA) is 20.2 Å². The summed E-state index contributed by atoms with van der Waals surface area (Å²) in [5.74, 6) is 0.170. The monoisotopic (exact) mass is 198 g/mol. The van der Waals surface area contributed by atoms with Crippen LogP contribution < -0.4 is 0 Å². The summed E-state index contributed by atoms with van der Waals surface area (Å²) in [6.07, 6.45) is 0.942. The second-order valence-electron chi connectivity index (χ2n) is 4.52. The Morgan fingerprint density at radius 3 is 2.38 bits per heavy atom. The van der Waals surface area contributed by atoms with E-state index in [0.29, 0.717) is 5.02 Å². The molecule has 1 rings (SSSR count). The number of phenolic OH excluding ortho intramolecular Hbond substituents is 1. The maximum absolute atomic E-state index is 9.36. The first-order chi connectivity index (χ1) is 5.88. The van der Waals surface area contributed by atoms with E-state index >= 15 is 0 Å². The molecule has 72 valence electrons. The Kier molecular flexibility index (Phi) is 2.87. The molecule has 0 spiro atoms. The van der Waals surface area contributed by atoms with Crippen molar-refractivity contribution in [3.05, 3.63) is 28.8 Å². The van der Waals surface area contributed by atoms with Crippen molar-refractivity contribution < 1.29 is 5.11 Å². The Bertz CT molecular complexity index is 299. The molecule has 0 aromatic heterocycles. The van der Waals surface area contributed by atoms with E-state index in [1.54, 1.807) is 12.1 Å². The summed E-state index contributed by atoms with van der Waals surface area (Å²) < 4.78 is 0. The molecule has 0 amide bonds. The molecule has 1 N–H and O–H groups in total. The number of hydrogen-bond acceptors (Lipinski definition) is 1. The van der Waals surface area contributed by atoms with Gasteiger partial charge in [0.1, 0.15) is 5.75 Å². The lowest BCUT2D eigenvalue weighted by Gasteiger charge is -2.18. The van der Waals surface area contributed by atoms with E-state index in [9.17, 15) is 5.11 Å². The Morgan fingerprint density at radius 1 is 1.31 bits per heavy atom. The third-order valence-electron chi connectivity index (χ3n) is 1.75. The van der Waals surface area contributed by atoms with Crippen LogP contribution in [0, 0.1) is 5.41 Å². The predicted molar refractivity (Wildman–Crippen MR) is 56.3 cm³/mol. The summed E-state index contributed by atoms with van der Waals surface area (Å²) in [5.41, 5.74) is 1.36. The lowest BCUT2D eigenvalue weighted by Crippen LogP contribution is -2.08. The van der Waals surface area contributed by atoms with Crippen LogP contribution in [0.1, 0.15) is 26.3 Å². The van der Waals surface area contributed by atoms with Gasteiger partial charge in [0.25, 0.3) is 0 Å². The van der Waals surface area contributed by atoms with Gasteiger partial charge in [-0.25, -0.2) is 0 Å². The standard InChI is InChI=1S/C11H15ClO/c1-11(2,3)7-8-4-5-9(12)10(13)6-8/h4-6,13H,7H2,1-3H3. The van der Waals surface area contributed by atoms with Gasteiger partial charge in [0.2, 0.25) is 0 Å². The Morgan fingerprint density at radius 2 is 1.92 bits per heavy atom. The number of halogens is 1. The van der Waals surface area contributed by atoms with Crippen LogP contribution in [0.25, 0.3) is 0 Å². The summed E-state index contributed by atoms with van der Waals surface area (Å²) in [7, 11) is 0. The van der Waals surface area contributed by atoms with Crippen LogP contribution in [0.15, 0.2) is 18.2 Å². The zero-order chi connectivity index (χ0) is 10.1. The van der Waals surface area contributed by atoms with Gasteiger partial charge in [-0.2, -0.15) is 0 Å². The molecule has 0 atom stereocenters. The first-order valence-electron chi connectivity index (χ1n) is 4.36. The first-order valence-corrected chi connectivity index (χ1v) is 4.74. The molecule has 2 heteroatoms. The molecule has 0 bridgehead atoms. The summed E-state index contributed by atoms with van der Waals surface area (Å²) >= 11 is 5.70. The van der Waals surface area contributed by atoms with Gasteiger partial charge >= 0.3 is 0 Å². The van der Waals surface area contributed by atoms with Crippen molar-refractivity contribution in [1.82, 2.24) is 0 Å². The Hall–Kier alpha value is -0.690. The van der Waals surface area contributed by atoms with Gasteiger partial charge in [0.05, 0.1) is 5.02 Å². The van der Waals surface area contributed by atoms with Crippen molar-refractivity contribution in [1.29, 1.82) is 0 Å². The van der Waals surface area contributed by atoms with Gasteiger partial charge in [-0.15, -0.1) is 0 Å². The van der Waals surface area contributed by atoms with E-state index in [1.807, 2.05) is 6.07 Å². The number of rotatable bonds is 1. The van der Waals surface area contributed by atoms with Crippen molar-refractivity contribution in [3.63, 3.8) is 0 Å². The van der Waals surface area contributed by atoms with Gasteiger partial charge in [-0.05, 0) is 29.5 Å². The van der Waals surface area contributed by atoms with Crippen LogP contribution >= 0.6 is 11.6 Å². The average Bonchev–Trinajstić information content (AvgIpc) is 1.94. The van der Waals surface area contributed by atoms with E-state index in [0.717, 1.165) is 12.0 Å². The summed E-state index contributed by atoms with van der Waals surface area (Å²) in [4.78, 5) is 0. The molecule has 0 saturated carbocycles. The molecule has 0 aliphatic carbocycles. The van der Waals surface area contributed by atoms with Gasteiger partial charge in [0.15, 0.2) is 0 Å². The molecule has 0 fully saturated rings. The van der Waals surface area contributed by atoms with Crippen molar-refractivity contribution in [2.75, 3.05) is 0 Å². The van der Waals surface area contributed by atoms with Crippen LogP contribution in [-0.2, 0) is 6.42 Å². The van der Waals surface area contributed by atoms with Crippen molar-refractivity contribution in [2.24, 2.45) is 5.41 Å². The van der Waals surface area contributed by atoms with Gasteiger partial charge in [-0.3, -0.25) is 0 Å². The summed E-state index contributed by atoms with van der Waals surface area (Å²) in [6, 6.07) is 5.42. The fraction of sp³-hybridized carbons (Fsp3) is 0.455. The van der Waals surface area contributed by atoms with Crippen LogP contribution in [0.2, 0.25) is 5.02 Å². The minimum Gasteiger partial charge on any atom is -0.506 e. The largest absolute Gasteiger partial charge is 0.506 e. The molecular formula is C11H15ClO. The second kappa shape index (κ2) is 3.59. The highest BCUT2D eigenvalue weighted by molar-refractivity contribution is 6.31. The molecule has 0 radical (unpaired) electrons. The number of aromatic hydroxyl groups is 1. The molecule has 1 nitrogen and oxygen atoms in total. The van der Waals surface area contributed by atoms with Crippen molar-refractivity contribution in [2.45, 2.75) is 27.2 Å².